The Bertz CT molecular complexity index is 518. The molecular formula is C19H30NP. The fraction of sp³-hybridized carbons (Fsp3) is 0.474. The van der Waals surface area contributed by atoms with Crippen LogP contribution < -0.4 is 5.09 Å². The summed E-state index contributed by atoms with van der Waals surface area (Å²) in [5, 5.41) is 4.98. The van der Waals surface area contributed by atoms with Crippen LogP contribution in [0.25, 0.3) is 0 Å². The van der Waals surface area contributed by atoms with Crippen LogP contribution in [-0.4, -0.2) is 6.66 Å². The van der Waals surface area contributed by atoms with E-state index in [4.69, 9.17) is 0 Å². The van der Waals surface area contributed by atoms with Crippen molar-refractivity contribution in [1.29, 1.82) is 0 Å². The maximum atomic E-state index is 4.19. The predicted molar refractivity (Wildman–Crippen MR) is 98.5 cm³/mol. The molecule has 1 nitrogen and oxygen atoms in total. The Kier molecular flexibility index (Phi) is 6.68. The first-order valence-electron chi connectivity index (χ1n) is 7.65. The molecule has 1 atom stereocenters. The van der Waals surface area contributed by atoms with E-state index in [0.29, 0.717) is 5.92 Å². The highest BCUT2D eigenvalue weighted by Gasteiger charge is 2.19. The smallest absolute Gasteiger partial charge is 0.0410 e. The Hall–Kier alpha value is -1.07. The van der Waals surface area contributed by atoms with Gasteiger partial charge in [0, 0.05) is 20.2 Å². The topological polar surface area (TPSA) is 12.0 Å². The van der Waals surface area contributed by atoms with Crippen molar-refractivity contribution in [3.63, 3.8) is 0 Å². The highest BCUT2D eigenvalue weighted by molar-refractivity contribution is 7.59. The van der Waals surface area contributed by atoms with Crippen molar-refractivity contribution in [2.24, 2.45) is 5.92 Å². The largest absolute Gasteiger partial charge is 0.361 e. The van der Waals surface area contributed by atoms with Gasteiger partial charge in [-0.05, 0) is 62.3 Å². The molecule has 1 aliphatic heterocycles. The van der Waals surface area contributed by atoms with Crippen LogP contribution in [-0.2, 0) is 0 Å². The van der Waals surface area contributed by atoms with Gasteiger partial charge in [-0.1, -0.05) is 44.2 Å². The summed E-state index contributed by atoms with van der Waals surface area (Å²) in [7, 11) is -0.309. The number of allylic oxidation sites excluding steroid dienone is 7. The molecule has 0 saturated carbocycles. The lowest BCUT2D eigenvalue weighted by molar-refractivity contribution is 0.754. The second-order valence-corrected chi connectivity index (χ2v) is 8.26. The third-order valence-electron chi connectivity index (χ3n) is 4.03. The van der Waals surface area contributed by atoms with Crippen LogP contribution in [0.15, 0.2) is 58.6 Å². The molecule has 1 saturated heterocycles. The molecule has 0 aromatic rings. The van der Waals surface area contributed by atoms with Crippen LogP contribution in [0.2, 0.25) is 0 Å². The van der Waals surface area contributed by atoms with Gasteiger partial charge < -0.3 is 5.09 Å². The molecule has 2 heteroatoms. The Morgan fingerprint density at radius 1 is 1.38 bits per heavy atom. The van der Waals surface area contributed by atoms with Crippen LogP contribution in [0.4, 0.5) is 0 Å². The van der Waals surface area contributed by atoms with E-state index < -0.39 is 0 Å². The van der Waals surface area contributed by atoms with Crippen LogP contribution in [0.1, 0.15) is 47.5 Å². The second-order valence-electron chi connectivity index (χ2n) is 6.28. The zero-order valence-corrected chi connectivity index (χ0v) is 15.4. The van der Waals surface area contributed by atoms with E-state index in [9.17, 15) is 0 Å². The minimum atomic E-state index is -0.309. The van der Waals surface area contributed by atoms with Crippen LogP contribution in [0, 0.1) is 5.92 Å². The quantitative estimate of drug-likeness (QED) is 0.475. The van der Waals surface area contributed by atoms with E-state index in [1.54, 1.807) is 0 Å². The summed E-state index contributed by atoms with van der Waals surface area (Å²) in [5.41, 5.74) is 6.69. The summed E-state index contributed by atoms with van der Waals surface area (Å²) in [6.45, 7) is 21.5. The van der Waals surface area contributed by atoms with Crippen molar-refractivity contribution in [3.8, 4) is 0 Å². The van der Waals surface area contributed by atoms with E-state index in [1.807, 2.05) is 0 Å². The van der Waals surface area contributed by atoms with Gasteiger partial charge in [0.25, 0.3) is 0 Å². The molecule has 1 fully saturated rings. The van der Waals surface area contributed by atoms with Crippen molar-refractivity contribution in [3.05, 3.63) is 58.6 Å². The zero-order valence-electron chi connectivity index (χ0n) is 14.5. The van der Waals surface area contributed by atoms with Gasteiger partial charge in [0.2, 0.25) is 0 Å². The Labute approximate surface area is 132 Å². The van der Waals surface area contributed by atoms with Gasteiger partial charge in [-0.2, -0.15) is 0 Å². The summed E-state index contributed by atoms with van der Waals surface area (Å²) in [5.74, 6) is 0.562. The molecule has 1 rings (SSSR count). The molecule has 0 spiro atoms. The highest BCUT2D eigenvalue weighted by atomic mass is 31.1. The van der Waals surface area contributed by atoms with Crippen LogP contribution in [0.5, 0.6) is 0 Å². The zero-order chi connectivity index (χ0) is 16.2. The van der Waals surface area contributed by atoms with E-state index >= 15 is 0 Å². The standard InChI is InChI=1S/C19H30NP/c1-9-17-11-15(6)21(8)20-19(17)12-18(10-13(2)3)16(7)14(4)5/h9,12,14,20H,2,6,10-11H2,1,3-5,7-8H3/b17-9-,18-16+,19-12+. The molecule has 0 aromatic heterocycles. The summed E-state index contributed by atoms with van der Waals surface area (Å²) < 4.78 is 0. The lowest BCUT2D eigenvalue weighted by Gasteiger charge is -2.29. The third kappa shape index (κ3) is 5.00. The summed E-state index contributed by atoms with van der Waals surface area (Å²) in [6.07, 6.45) is 6.49. The average Bonchev–Trinajstić information content (AvgIpc) is 2.40. The van der Waals surface area contributed by atoms with Crippen LogP contribution in [0.3, 0.4) is 0 Å². The van der Waals surface area contributed by atoms with E-state index in [1.165, 1.54) is 33.3 Å². The second kappa shape index (κ2) is 7.80. The van der Waals surface area contributed by atoms with Gasteiger partial charge in [-0.3, -0.25) is 0 Å². The molecule has 0 aromatic carbocycles. The van der Waals surface area contributed by atoms with E-state index in [0.717, 1.165) is 12.8 Å². The van der Waals surface area contributed by atoms with Gasteiger partial charge in [-0.25, -0.2) is 0 Å². The Morgan fingerprint density at radius 2 is 2.00 bits per heavy atom. The average molecular weight is 303 g/mol. The molecule has 1 heterocycles. The molecule has 1 aliphatic rings. The molecule has 0 bridgehead atoms. The Morgan fingerprint density at radius 3 is 2.48 bits per heavy atom. The SMILES string of the molecule is C=C(C)CC(/C=C1/NP(C)C(=C)C/C1=C/C)=C(/C)C(C)C. The van der Waals surface area contributed by atoms with E-state index in [-0.39, 0.29) is 8.07 Å². The first-order valence-corrected chi connectivity index (χ1v) is 9.44. The molecule has 0 aliphatic carbocycles. The lowest BCUT2D eigenvalue weighted by atomic mass is 9.93. The summed E-state index contributed by atoms with van der Waals surface area (Å²) in [6, 6.07) is 0. The summed E-state index contributed by atoms with van der Waals surface area (Å²) >= 11 is 0. The molecule has 1 unspecified atom stereocenters. The molecule has 21 heavy (non-hydrogen) atoms. The maximum Gasteiger partial charge on any atom is 0.0410 e. The van der Waals surface area contributed by atoms with Crippen molar-refractivity contribution in [2.75, 3.05) is 6.66 Å². The fourth-order valence-electron chi connectivity index (χ4n) is 2.32. The van der Waals surface area contributed by atoms with Crippen LogP contribution >= 0.6 is 8.07 Å². The third-order valence-corrected chi connectivity index (χ3v) is 5.72. The normalized spacial score (nSPS) is 24.3. The van der Waals surface area contributed by atoms with Gasteiger partial charge >= 0.3 is 0 Å². The highest BCUT2D eigenvalue weighted by Crippen LogP contribution is 2.46. The fourth-order valence-corrected chi connectivity index (χ4v) is 3.46. The van der Waals surface area contributed by atoms with Crippen molar-refractivity contribution in [2.45, 2.75) is 47.5 Å². The minimum absolute atomic E-state index is 0.309. The predicted octanol–water partition coefficient (Wildman–Crippen LogP) is 6.29. The van der Waals surface area contributed by atoms with Gasteiger partial charge in [-0.15, -0.1) is 0 Å². The van der Waals surface area contributed by atoms with Gasteiger partial charge in [0.05, 0.1) is 0 Å². The number of nitrogens with one attached hydrogen (secondary N) is 1. The number of hydrogen-bond donors (Lipinski definition) is 1. The number of hydrogen-bond acceptors (Lipinski definition) is 1. The van der Waals surface area contributed by atoms with Crippen molar-refractivity contribution in [1.82, 2.24) is 5.09 Å². The molecule has 1 N–H and O–H groups in total. The number of rotatable bonds is 4. The molecule has 116 valence electrons. The summed E-state index contributed by atoms with van der Waals surface area (Å²) in [4.78, 5) is 0. The maximum absolute atomic E-state index is 4.19. The van der Waals surface area contributed by atoms with E-state index in [2.05, 4.69) is 71.7 Å². The first-order chi connectivity index (χ1) is 9.76. The van der Waals surface area contributed by atoms with Crippen molar-refractivity contribution >= 4 is 8.07 Å². The first kappa shape index (κ1) is 18.0. The minimum Gasteiger partial charge on any atom is -0.361 e. The molecule has 0 amide bonds. The van der Waals surface area contributed by atoms with Gasteiger partial charge in [0.15, 0.2) is 0 Å². The van der Waals surface area contributed by atoms with Crippen molar-refractivity contribution < 1.29 is 0 Å². The lowest BCUT2D eigenvalue weighted by Crippen LogP contribution is -2.16. The monoisotopic (exact) mass is 303 g/mol. The molecule has 0 radical (unpaired) electrons. The Balaban J connectivity index is 3.23. The molecular weight excluding hydrogens is 273 g/mol. The van der Waals surface area contributed by atoms with Gasteiger partial charge in [0.1, 0.15) is 0 Å².